The summed E-state index contributed by atoms with van der Waals surface area (Å²) in [4.78, 5) is 10.2. The summed E-state index contributed by atoms with van der Waals surface area (Å²) in [5.41, 5.74) is 0. The number of hydrogen-bond donors (Lipinski definition) is 2. The van der Waals surface area contributed by atoms with Crippen LogP contribution in [0.2, 0.25) is 0 Å². The maximum absolute atomic E-state index is 10.2. The van der Waals surface area contributed by atoms with Gasteiger partial charge in [0.15, 0.2) is 0 Å². The molecule has 0 aromatic carbocycles. The molecule has 0 spiro atoms. The van der Waals surface area contributed by atoms with Crippen LogP contribution in [0.3, 0.4) is 0 Å². The molecule has 78 valence electrons. The topological polar surface area (TPSA) is 58.6 Å². The lowest BCUT2D eigenvalue weighted by Crippen LogP contribution is -2.33. The molecule has 0 rings (SSSR count). The highest BCUT2D eigenvalue weighted by Gasteiger charge is 2.04. The second-order valence-electron chi connectivity index (χ2n) is 3.08. The molecule has 2 atom stereocenters. The number of aldehydes is 1. The number of aliphatic hydroxyl groups is 1. The highest BCUT2D eigenvalue weighted by Crippen LogP contribution is 1.87. The van der Waals surface area contributed by atoms with Crippen LogP contribution in [0, 0.1) is 5.92 Å². The van der Waals surface area contributed by atoms with Gasteiger partial charge in [-0.25, -0.2) is 0 Å². The Bertz CT molecular complexity index is 130. The number of carbonyl (C=O) groups excluding carboxylic acids is 1. The Kier molecular flexibility index (Phi) is 7.88. The van der Waals surface area contributed by atoms with E-state index in [2.05, 4.69) is 5.32 Å². The molecule has 2 unspecified atom stereocenters. The molecule has 0 aromatic heterocycles. The predicted molar refractivity (Wildman–Crippen MR) is 50.6 cm³/mol. The van der Waals surface area contributed by atoms with Crippen molar-refractivity contribution in [2.45, 2.75) is 20.0 Å². The molecule has 0 heterocycles. The van der Waals surface area contributed by atoms with E-state index in [0.717, 1.165) is 6.29 Å². The van der Waals surface area contributed by atoms with Gasteiger partial charge in [-0.3, -0.25) is 0 Å². The zero-order chi connectivity index (χ0) is 10.1. The fourth-order valence-electron chi connectivity index (χ4n) is 0.839. The standard InChI is InChI=1S/C9H19NO3/c1-3-13-7-9(12)5-10-4-8(2)6-11/h6,8-10,12H,3-5,7H2,1-2H3. The average molecular weight is 189 g/mol. The minimum absolute atomic E-state index is 0.000654. The zero-order valence-corrected chi connectivity index (χ0v) is 8.32. The van der Waals surface area contributed by atoms with Crippen molar-refractivity contribution in [1.82, 2.24) is 5.32 Å². The van der Waals surface area contributed by atoms with E-state index in [-0.39, 0.29) is 5.92 Å². The Balaban J connectivity index is 3.25. The van der Waals surface area contributed by atoms with Gasteiger partial charge in [0.2, 0.25) is 0 Å². The van der Waals surface area contributed by atoms with Gasteiger partial charge < -0.3 is 20.0 Å². The van der Waals surface area contributed by atoms with Crippen molar-refractivity contribution in [1.29, 1.82) is 0 Å². The quantitative estimate of drug-likeness (QED) is 0.520. The lowest BCUT2D eigenvalue weighted by atomic mass is 10.2. The van der Waals surface area contributed by atoms with Crippen LogP contribution in [0.1, 0.15) is 13.8 Å². The molecule has 4 nitrogen and oxygen atoms in total. The lowest BCUT2D eigenvalue weighted by molar-refractivity contribution is -0.110. The van der Waals surface area contributed by atoms with Gasteiger partial charge in [-0.1, -0.05) is 6.92 Å². The molecule has 0 aliphatic carbocycles. The first-order valence-corrected chi connectivity index (χ1v) is 4.62. The fraction of sp³-hybridized carbons (Fsp3) is 0.889. The maximum atomic E-state index is 10.2. The molecule has 0 aliphatic heterocycles. The number of carbonyl (C=O) groups is 1. The molecular weight excluding hydrogens is 170 g/mol. The van der Waals surface area contributed by atoms with Crippen LogP contribution in [-0.4, -0.2) is 43.8 Å². The average Bonchev–Trinajstić information content (AvgIpc) is 2.14. The Morgan fingerprint density at radius 3 is 2.77 bits per heavy atom. The van der Waals surface area contributed by atoms with Gasteiger partial charge in [-0.15, -0.1) is 0 Å². The largest absolute Gasteiger partial charge is 0.389 e. The van der Waals surface area contributed by atoms with E-state index in [0.29, 0.717) is 26.3 Å². The van der Waals surface area contributed by atoms with Crippen LogP contribution in [-0.2, 0) is 9.53 Å². The third-order valence-electron chi connectivity index (χ3n) is 1.59. The van der Waals surface area contributed by atoms with Crippen LogP contribution in [0.15, 0.2) is 0 Å². The molecule has 13 heavy (non-hydrogen) atoms. The summed E-state index contributed by atoms with van der Waals surface area (Å²) in [6.45, 7) is 5.75. The van der Waals surface area contributed by atoms with E-state index in [4.69, 9.17) is 4.74 Å². The van der Waals surface area contributed by atoms with Gasteiger partial charge in [0.25, 0.3) is 0 Å². The van der Waals surface area contributed by atoms with Crippen LogP contribution in [0.5, 0.6) is 0 Å². The Morgan fingerprint density at radius 1 is 1.54 bits per heavy atom. The molecule has 0 saturated heterocycles. The van der Waals surface area contributed by atoms with Crippen molar-refractivity contribution in [3.63, 3.8) is 0 Å². The van der Waals surface area contributed by atoms with E-state index in [1.54, 1.807) is 0 Å². The van der Waals surface area contributed by atoms with Crippen LogP contribution < -0.4 is 5.32 Å². The van der Waals surface area contributed by atoms with Crippen molar-refractivity contribution in [3.05, 3.63) is 0 Å². The second kappa shape index (κ2) is 8.16. The minimum Gasteiger partial charge on any atom is -0.389 e. The molecule has 0 amide bonds. The van der Waals surface area contributed by atoms with Crippen molar-refractivity contribution in [2.24, 2.45) is 5.92 Å². The summed E-state index contributed by atoms with van der Waals surface area (Å²) in [6.07, 6.45) is 0.404. The number of nitrogens with one attached hydrogen (secondary N) is 1. The molecule has 0 fully saturated rings. The summed E-state index contributed by atoms with van der Waals surface area (Å²) in [6, 6.07) is 0. The van der Waals surface area contributed by atoms with Crippen LogP contribution >= 0.6 is 0 Å². The first-order chi connectivity index (χ1) is 6.20. The van der Waals surface area contributed by atoms with Crippen molar-refractivity contribution in [2.75, 3.05) is 26.3 Å². The smallest absolute Gasteiger partial charge is 0.124 e. The Morgan fingerprint density at radius 2 is 2.23 bits per heavy atom. The summed E-state index contributed by atoms with van der Waals surface area (Å²) in [5.74, 6) is -0.000654. The minimum atomic E-state index is -0.487. The summed E-state index contributed by atoms with van der Waals surface area (Å²) in [5, 5.41) is 12.3. The van der Waals surface area contributed by atoms with Gasteiger partial charge in [0.1, 0.15) is 6.29 Å². The highest BCUT2D eigenvalue weighted by atomic mass is 16.5. The summed E-state index contributed by atoms with van der Waals surface area (Å²) >= 11 is 0. The number of ether oxygens (including phenoxy) is 1. The third kappa shape index (κ3) is 7.90. The first-order valence-electron chi connectivity index (χ1n) is 4.62. The Labute approximate surface area is 79.3 Å². The number of hydrogen-bond acceptors (Lipinski definition) is 4. The van der Waals surface area contributed by atoms with E-state index in [1.165, 1.54) is 0 Å². The second-order valence-corrected chi connectivity index (χ2v) is 3.08. The summed E-state index contributed by atoms with van der Waals surface area (Å²) in [7, 11) is 0. The van der Waals surface area contributed by atoms with Gasteiger partial charge >= 0.3 is 0 Å². The molecule has 4 heteroatoms. The Hall–Kier alpha value is -0.450. The normalized spacial score (nSPS) is 15.3. The van der Waals surface area contributed by atoms with E-state index < -0.39 is 6.10 Å². The molecule has 0 bridgehead atoms. The first kappa shape index (κ1) is 12.6. The van der Waals surface area contributed by atoms with Gasteiger partial charge in [0, 0.05) is 25.6 Å². The molecule has 2 N–H and O–H groups in total. The fourth-order valence-corrected chi connectivity index (χ4v) is 0.839. The maximum Gasteiger partial charge on any atom is 0.124 e. The van der Waals surface area contributed by atoms with Crippen molar-refractivity contribution < 1.29 is 14.6 Å². The van der Waals surface area contributed by atoms with Crippen molar-refractivity contribution >= 4 is 6.29 Å². The SMILES string of the molecule is CCOCC(O)CNCC(C)C=O. The number of aliphatic hydroxyl groups excluding tert-OH is 1. The third-order valence-corrected chi connectivity index (χ3v) is 1.59. The molecule has 0 saturated carbocycles. The zero-order valence-electron chi connectivity index (χ0n) is 8.32. The van der Waals surface area contributed by atoms with Crippen molar-refractivity contribution in [3.8, 4) is 0 Å². The van der Waals surface area contributed by atoms with E-state index >= 15 is 0 Å². The van der Waals surface area contributed by atoms with Gasteiger partial charge in [0.05, 0.1) is 12.7 Å². The highest BCUT2D eigenvalue weighted by molar-refractivity contribution is 5.52. The van der Waals surface area contributed by atoms with Gasteiger partial charge in [-0.2, -0.15) is 0 Å². The molecule has 0 radical (unpaired) electrons. The summed E-state index contributed by atoms with van der Waals surface area (Å²) < 4.78 is 5.02. The van der Waals surface area contributed by atoms with E-state index in [9.17, 15) is 9.90 Å². The molecule has 0 aromatic rings. The lowest BCUT2D eigenvalue weighted by Gasteiger charge is -2.12. The predicted octanol–water partition coefficient (Wildman–Crippen LogP) is -0.192. The molecular formula is C9H19NO3. The van der Waals surface area contributed by atoms with Gasteiger partial charge in [-0.05, 0) is 6.92 Å². The van der Waals surface area contributed by atoms with E-state index in [1.807, 2.05) is 13.8 Å². The number of rotatable bonds is 8. The van der Waals surface area contributed by atoms with Crippen LogP contribution in [0.4, 0.5) is 0 Å². The van der Waals surface area contributed by atoms with Crippen LogP contribution in [0.25, 0.3) is 0 Å². The molecule has 0 aliphatic rings. The monoisotopic (exact) mass is 189 g/mol.